The SMILES string of the molecule is COCc1cc(/C=C/C(=O)c2ccc(C)s2)ccc1OC. The molecule has 0 N–H and O–H groups in total. The Morgan fingerprint density at radius 3 is 2.67 bits per heavy atom. The summed E-state index contributed by atoms with van der Waals surface area (Å²) in [6.07, 6.45) is 3.42. The summed E-state index contributed by atoms with van der Waals surface area (Å²) in [5.41, 5.74) is 1.91. The van der Waals surface area contributed by atoms with Crippen LogP contribution in [0.25, 0.3) is 6.08 Å². The number of carbonyl (C=O) groups is 1. The number of hydrogen-bond donors (Lipinski definition) is 0. The lowest BCUT2D eigenvalue weighted by Gasteiger charge is -2.08. The molecule has 1 aromatic carbocycles. The number of ketones is 1. The lowest BCUT2D eigenvalue weighted by atomic mass is 10.1. The van der Waals surface area contributed by atoms with Gasteiger partial charge in [-0.2, -0.15) is 0 Å². The van der Waals surface area contributed by atoms with Crippen LogP contribution in [0.2, 0.25) is 0 Å². The van der Waals surface area contributed by atoms with Crippen LogP contribution in [-0.2, 0) is 11.3 Å². The Morgan fingerprint density at radius 1 is 1.24 bits per heavy atom. The summed E-state index contributed by atoms with van der Waals surface area (Å²) in [6, 6.07) is 9.58. The summed E-state index contributed by atoms with van der Waals surface area (Å²) in [4.78, 5) is 13.9. The fraction of sp³-hybridized carbons (Fsp3) is 0.235. The molecule has 0 saturated carbocycles. The molecule has 21 heavy (non-hydrogen) atoms. The molecule has 0 saturated heterocycles. The molecule has 0 atom stereocenters. The van der Waals surface area contributed by atoms with Crippen molar-refractivity contribution in [2.24, 2.45) is 0 Å². The lowest BCUT2D eigenvalue weighted by molar-refractivity contribution is 0.105. The zero-order chi connectivity index (χ0) is 15.2. The first-order valence-electron chi connectivity index (χ1n) is 6.58. The van der Waals surface area contributed by atoms with Gasteiger partial charge in [0.05, 0.1) is 18.6 Å². The Balaban J connectivity index is 2.17. The van der Waals surface area contributed by atoms with E-state index in [1.54, 1.807) is 20.3 Å². The molecule has 0 bridgehead atoms. The number of aryl methyl sites for hydroxylation is 1. The Morgan fingerprint density at radius 2 is 2.05 bits per heavy atom. The van der Waals surface area contributed by atoms with Crippen molar-refractivity contribution in [2.75, 3.05) is 14.2 Å². The number of allylic oxidation sites excluding steroid dienone is 1. The third-order valence-corrected chi connectivity index (χ3v) is 4.03. The number of carbonyl (C=O) groups excluding carboxylic acids is 1. The van der Waals surface area contributed by atoms with Crippen molar-refractivity contribution in [3.05, 3.63) is 57.3 Å². The highest BCUT2D eigenvalue weighted by molar-refractivity contribution is 7.14. The van der Waals surface area contributed by atoms with Crippen molar-refractivity contribution in [1.82, 2.24) is 0 Å². The zero-order valence-electron chi connectivity index (χ0n) is 12.4. The van der Waals surface area contributed by atoms with E-state index in [1.807, 2.05) is 43.3 Å². The van der Waals surface area contributed by atoms with Gasteiger partial charge in [-0.1, -0.05) is 12.1 Å². The molecular formula is C17H18O3S. The van der Waals surface area contributed by atoms with Crippen LogP contribution >= 0.6 is 11.3 Å². The van der Waals surface area contributed by atoms with Crippen LogP contribution in [0.5, 0.6) is 5.75 Å². The van der Waals surface area contributed by atoms with Crippen molar-refractivity contribution in [2.45, 2.75) is 13.5 Å². The summed E-state index contributed by atoms with van der Waals surface area (Å²) in [5, 5.41) is 0. The summed E-state index contributed by atoms with van der Waals surface area (Å²) in [7, 11) is 3.28. The molecule has 0 spiro atoms. The fourth-order valence-corrected chi connectivity index (χ4v) is 2.78. The number of thiophene rings is 1. The van der Waals surface area contributed by atoms with Crippen LogP contribution in [0.3, 0.4) is 0 Å². The molecule has 0 aliphatic carbocycles. The fourth-order valence-electron chi connectivity index (χ4n) is 1.99. The van der Waals surface area contributed by atoms with Gasteiger partial charge in [0.1, 0.15) is 5.75 Å². The summed E-state index contributed by atoms with van der Waals surface area (Å²) in [6.45, 7) is 2.47. The molecule has 2 rings (SSSR count). The van der Waals surface area contributed by atoms with Gasteiger partial charge < -0.3 is 9.47 Å². The molecule has 0 aliphatic heterocycles. The molecule has 110 valence electrons. The molecule has 1 aromatic heterocycles. The highest BCUT2D eigenvalue weighted by Gasteiger charge is 2.05. The molecular weight excluding hydrogens is 284 g/mol. The second kappa shape index (κ2) is 7.20. The third-order valence-electron chi connectivity index (χ3n) is 3.01. The zero-order valence-corrected chi connectivity index (χ0v) is 13.2. The maximum atomic E-state index is 12.0. The van der Waals surface area contributed by atoms with Crippen molar-refractivity contribution in [3.8, 4) is 5.75 Å². The van der Waals surface area contributed by atoms with Gasteiger partial charge >= 0.3 is 0 Å². The third kappa shape index (κ3) is 4.03. The molecule has 0 amide bonds. The second-order valence-electron chi connectivity index (χ2n) is 4.61. The number of methoxy groups -OCH3 is 2. The van der Waals surface area contributed by atoms with Crippen molar-refractivity contribution in [3.63, 3.8) is 0 Å². The van der Waals surface area contributed by atoms with E-state index in [9.17, 15) is 4.79 Å². The summed E-state index contributed by atoms with van der Waals surface area (Å²) >= 11 is 1.51. The smallest absolute Gasteiger partial charge is 0.195 e. The minimum atomic E-state index is 0.0252. The predicted octanol–water partition coefficient (Wildman–Crippen LogP) is 4.11. The van der Waals surface area contributed by atoms with Crippen molar-refractivity contribution < 1.29 is 14.3 Å². The van der Waals surface area contributed by atoms with E-state index in [2.05, 4.69) is 0 Å². The van der Waals surface area contributed by atoms with Gasteiger partial charge in [0.25, 0.3) is 0 Å². The number of benzene rings is 1. The Kier molecular flexibility index (Phi) is 5.31. The van der Waals surface area contributed by atoms with Gasteiger partial charge in [-0.25, -0.2) is 0 Å². The van der Waals surface area contributed by atoms with Crippen LogP contribution in [0, 0.1) is 6.92 Å². The second-order valence-corrected chi connectivity index (χ2v) is 5.90. The Bertz CT molecular complexity index is 656. The molecule has 0 radical (unpaired) electrons. The highest BCUT2D eigenvalue weighted by atomic mass is 32.1. The topological polar surface area (TPSA) is 35.5 Å². The predicted molar refractivity (Wildman–Crippen MR) is 86.1 cm³/mol. The summed E-state index contributed by atoms with van der Waals surface area (Å²) < 4.78 is 10.4. The molecule has 0 fully saturated rings. The number of hydrogen-bond acceptors (Lipinski definition) is 4. The largest absolute Gasteiger partial charge is 0.496 e. The summed E-state index contributed by atoms with van der Waals surface area (Å²) in [5.74, 6) is 0.811. The molecule has 4 heteroatoms. The van der Waals surface area contributed by atoms with E-state index >= 15 is 0 Å². The average Bonchev–Trinajstić information content (AvgIpc) is 2.92. The maximum absolute atomic E-state index is 12.0. The van der Waals surface area contributed by atoms with E-state index in [0.717, 1.165) is 26.6 Å². The highest BCUT2D eigenvalue weighted by Crippen LogP contribution is 2.22. The maximum Gasteiger partial charge on any atom is 0.195 e. The van der Waals surface area contributed by atoms with Crippen LogP contribution in [-0.4, -0.2) is 20.0 Å². The number of ether oxygens (including phenoxy) is 2. The number of rotatable bonds is 6. The van der Waals surface area contributed by atoms with Crippen LogP contribution in [0.1, 0.15) is 25.7 Å². The lowest BCUT2D eigenvalue weighted by Crippen LogP contribution is -1.95. The molecule has 2 aromatic rings. The first kappa shape index (κ1) is 15.5. The Labute approximate surface area is 128 Å². The first-order chi connectivity index (χ1) is 10.1. The van der Waals surface area contributed by atoms with Crippen molar-refractivity contribution >= 4 is 23.2 Å². The van der Waals surface area contributed by atoms with E-state index < -0.39 is 0 Å². The molecule has 0 unspecified atom stereocenters. The van der Waals surface area contributed by atoms with Crippen LogP contribution < -0.4 is 4.74 Å². The first-order valence-corrected chi connectivity index (χ1v) is 7.40. The monoisotopic (exact) mass is 302 g/mol. The van der Waals surface area contributed by atoms with Crippen molar-refractivity contribution in [1.29, 1.82) is 0 Å². The van der Waals surface area contributed by atoms with Gasteiger partial charge in [-0.05, 0) is 42.8 Å². The van der Waals surface area contributed by atoms with E-state index in [0.29, 0.717) is 6.61 Å². The Hall–Kier alpha value is -1.91. The minimum absolute atomic E-state index is 0.0252. The van der Waals surface area contributed by atoms with Gasteiger partial charge in [0.2, 0.25) is 0 Å². The van der Waals surface area contributed by atoms with Gasteiger partial charge in [0.15, 0.2) is 5.78 Å². The van der Waals surface area contributed by atoms with Gasteiger partial charge in [-0.3, -0.25) is 4.79 Å². The van der Waals surface area contributed by atoms with Crippen LogP contribution in [0.4, 0.5) is 0 Å². The average molecular weight is 302 g/mol. The van der Waals surface area contributed by atoms with Gasteiger partial charge in [0, 0.05) is 17.6 Å². The van der Waals surface area contributed by atoms with E-state index in [-0.39, 0.29) is 5.78 Å². The van der Waals surface area contributed by atoms with E-state index in [1.165, 1.54) is 11.3 Å². The van der Waals surface area contributed by atoms with Gasteiger partial charge in [-0.15, -0.1) is 11.3 Å². The molecule has 3 nitrogen and oxygen atoms in total. The van der Waals surface area contributed by atoms with E-state index in [4.69, 9.17) is 9.47 Å². The van der Waals surface area contributed by atoms with Crippen LogP contribution in [0.15, 0.2) is 36.4 Å². The normalized spacial score (nSPS) is 11.0. The quantitative estimate of drug-likeness (QED) is 0.595. The minimum Gasteiger partial charge on any atom is -0.496 e. The standard InChI is InChI=1S/C17H18O3S/c1-12-4-9-17(21-12)15(18)7-5-13-6-8-16(20-3)14(10-13)11-19-2/h4-10H,11H2,1-3H3/b7-5+. The molecule has 1 heterocycles. The molecule has 0 aliphatic rings.